The van der Waals surface area contributed by atoms with Gasteiger partial charge < -0.3 is 15.3 Å². The molecule has 1 saturated heterocycles. The molecule has 1 saturated carbocycles. The predicted octanol–water partition coefficient (Wildman–Crippen LogP) is 1.25. The maximum Gasteiger partial charge on any atom is 0.394 e. The molecule has 1 heterocycles. The maximum atomic E-state index is 13.0. The topological polar surface area (TPSA) is 104 Å². The van der Waals surface area contributed by atoms with E-state index in [0.717, 1.165) is 11.2 Å². The molecule has 7 nitrogen and oxygen atoms in total. The van der Waals surface area contributed by atoms with Crippen molar-refractivity contribution in [3.05, 3.63) is 0 Å². The minimum Gasteiger partial charge on any atom is -0.481 e. The van der Waals surface area contributed by atoms with Crippen LogP contribution in [0.15, 0.2) is 0 Å². The Hall–Kier alpha value is -1.52. The molecule has 2 amide bonds. The van der Waals surface area contributed by atoms with Crippen molar-refractivity contribution in [3.63, 3.8) is 0 Å². The average Bonchev–Trinajstić information content (AvgIpc) is 2.92. The third-order valence-corrected chi connectivity index (χ3v) is 6.57. The number of alkyl halides is 3. The molecule has 2 rings (SSSR count). The number of halogens is 3. The molecular weight excluding hydrogens is 365 g/mol. The van der Waals surface area contributed by atoms with Crippen LogP contribution in [0.3, 0.4) is 0 Å². The summed E-state index contributed by atoms with van der Waals surface area (Å²) in [5.41, 5.74) is 0. The summed E-state index contributed by atoms with van der Waals surface area (Å²) >= 11 is 0. The minimum atomic E-state index is -4.72. The number of nitrogens with zero attached hydrogens (tertiary/aromatic N) is 1. The van der Waals surface area contributed by atoms with E-state index in [1.54, 1.807) is 0 Å². The first-order valence-electron chi connectivity index (χ1n) is 7.95. The van der Waals surface area contributed by atoms with Gasteiger partial charge in [0.05, 0.1) is 17.1 Å². The first-order valence-corrected chi connectivity index (χ1v) is 9.90. The van der Waals surface area contributed by atoms with Crippen molar-refractivity contribution in [2.24, 2.45) is 11.8 Å². The number of carboxylic acids is 1. The van der Waals surface area contributed by atoms with E-state index >= 15 is 0 Å². The highest BCUT2D eigenvalue weighted by Crippen LogP contribution is 2.37. The number of carbonyl (C=O) groups is 2. The van der Waals surface area contributed by atoms with Crippen molar-refractivity contribution in [1.29, 1.82) is 0 Å². The zero-order valence-corrected chi connectivity index (χ0v) is 14.4. The number of urea groups is 1. The predicted molar refractivity (Wildman–Crippen MR) is 81.7 cm³/mol. The van der Waals surface area contributed by atoms with Gasteiger partial charge in [-0.25, -0.2) is 13.2 Å². The van der Waals surface area contributed by atoms with Gasteiger partial charge in [-0.15, -0.1) is 0 Å². The van der Waals surface area contributed by atoms with Gasteiger partial charge in [0.25, 0.3) is 0 Å². The van der Waals surface area contributed by atoms with Gasteiger partial charge in [-0.3, -0.25) is 4.79 Å². The fourth-order valence-electron chi connectivity index (χ4n) is 3.58. The quantitative estimate of drug-likeness (QED) is 0.760. The lowest BCUT2D eigenvalue weighted by Gasteiger charge is -2.32. The SMILES string of the molecule is CS(=O)(=O)[C@@H]1CCCC[C@H]1NC(=O)N1C[C@@H](C(F)(F)F)[C@H](C(=O)O)C1. The highest BCUT2D eigenvalue weighted by atomic mass is 32.2. The van der Waals surface area contributed by atoms with Crippen LogP contribution in [0.5, 0.6) is 0 Å². The molecule has 0 aromatic carbocycles. The van der Waals surface area contributed by atoms with E-state index in [2.05, 4.69) is 5.32 Å². The summed E-state index contributed by atoms with van der Waals surface area (Å²) in [5.74, 6) is -5.46. The molecule has 11 heteroatoms. The third kappa shape index (κ3) is 4.56. The van der Waals surface area contributed by atoms with E-state index in [0.29, 0.717) is 25.7 Å². The first kappa shape index (κ1) is 19.8. The van der Waals surface area contributed by atoms with Crippen LogP contribution < -0.4 is 5.32 Å². The molecule has 0 spiro atoms. The fraction of sp³-hybridized carbons (Fsp3) is 0.857. The number of carboxylic acid groups (broad SMARTS) is 1. The van der Waals surface area contributed by atoms with Gasteiger partial charge in [-0.1, -0.05) is 12.8 Å². The zero-order valence-electron chi connectivity index (χ0n) is 13.6. The number of carbonyl (C=O) groups excluding carboxylic acids is 1. The Morgan fingerprint density at radius 2 is 1.76 bits per heavy atom. The van der Waals surface area contributed by atoms with Crippen molar-refractivity contribution in [3.8, 4) is 0 Å². The third-order valence-electron chi connectivity index (χ3n) is 4.91. The monoisotopic (exact) mass is 386 g/mol. The number of likely N-dealkylation sites (tertiary alicyclic amines) is 1. The Balaban J connectivity index is 2.09. The second kappa shape index (κ2) is 7.00. The molecule has 1 aliphatic heterocycles. The highest BCUT2D eigenvalue weighted by molar-refractivity contribution is 7.91. The largest absolute Gasteiger partial charge is 0.481 e. The lowest BCUT2D eigenvalue weighted by atomic mass is 9.95. The summed E-state index contributed by atoms with van der Waals surface area (Å²) in [7, 11) is -3.41. The van der Waals surface area contributed by atoms with Gasteiger partial charge in [-0.05, 0) is 12.8 Å². The molecule has 1 aliphatic carbocycles. The molecule has 0 radical (unpaired) electrons. The molecule has 0 bridgehead atoms. The Morgan fingerprint density at radius 3 is 2.24 bits per heavy atom. The Labute approximate surface area is 143 Å². The summed E-state index contributed by atoms with van der Waals surface area (Å²) in [6, 6.07) is -1.52. The number of sulfone groups is 1. The van der Waals surface area contributed by atoms with E-state index < -0.39 is 64.2 Å². The maximum absolute atomic E-state index is 13.0. The second-order valence-corrected chi connectivity index (χ2v) is 8.97. The van der Waals surface area contributed by atoms with Gasteiger partial charge in [0.2, 0.25) is 0 Å². The molecular formula is C14H21F3N2O5S. The second-order valence-electron chi connectivity index (χ2n) is 6.71. The van der Waals surface area contributed by atoms with Crippen LogP contribution in [0.2, 0.25) is 0 Å². The number of hydrogen-bond donors (Lipinski definition) is 2. The Morgan fingerprint density at radius 1 is 1.16 bits per heavy atom. The molecule has 0 unspecified atom stereocenters. The van der Waals surface area contributed by atoms with Gasteiger partial charge in [0.15, 0.2) is 9.84 Å². The van der Waals surface area contributed by atoms with Crippen molar-refractivity contribution < 1.29 is 36.3 Å². The van der Waals surface area contributed by atoms with Gasteiger partial charge in [0.1, 0.15) is 0 Å². The van der Waals surface area contributed by atoms with E-state index in [4.69, 9.17) is 5.11 Å². The molecule has 25 heavy (non-hydrogen) atoms. The van der Waals surface area contributed by atoms with Crippen LogP contribution in [0.25, 0.3) is 0 Å². The summed E-state index contributed by atoms with van der Waals surface area (Å²) in [4.78, 5) is 24.2. The number of rotatable bonds is 3. The van der Waals surface area contributed by atoms with Crippen molar-refractivity contribution in [1.82, 2.24) is 10.2 Å². The number of aliphatic carboxylic acids is 1. The molecule has 2 N–H and O–H groups in total. The minimum absolute atomic E-state index is 0.382. The van der Waals surface area contributed by atoms with E-state index in [1.165, 1.54) is 0 Å². The summed E-state index contributed by atoms with van der Waals surface area (Å²) < 4.78 is 62.6. The van der Waals surface area contributed by atoms with Crippen LogP contribution in [0, 0.1) is 11.8 Å². The lowest BCUT2D eigenvalue weighted by molar-refractivity contribution is -0.187. The molecule has 2 fully saturated rings. The highest BCUT2D eigenvalue weighted by Gasteiger charge is 2.53. The molecule has 0 aromatic heterocycles. The van der Waals surface area contributed by atoms with Crippen LogP contribution in [-0.2, 0) is 14.6 Å². The standard InChI is InChI=1S/C14H21F3N2O5S/c1-25(23,24)11-5-3-2-4-10(11)18-13(22)19-6-8(12(20)21)9(7-19)14(15,16)17/h8-11H,2-7H2,1H3,(H,18,22)(H,20,21)/t8-,9-,10-,11-/m1/s1. The zero-order chi connectivity index (χ0) is 19.0. The summed E-state index contributed by atoms with van der Waals surface area (Å²) in [6.07, 6.45) is -1.45. The molecule has 4 atom stereocenters. The Kier molecular flexibility index (Phi) is 5.55. The van der Waals surface area contributed by atoms with Crippen LogP contribution in [0.4, 0.5) is 18.0 Å². The lowest BCUT2D eigenvalue weighted by Crippen LogP contribution is -2.52. The van der Waals surface area contributed by atoms with Crippen LogP contribution >= 0.6 is 0 Å². The van der Waals surface area contributed by atoms with E-state index in [1.807, 2.05) is 0 Å². The number of hydrogen-bond acceptors (Lipinski definition) is 4. The van der Waals surface area contributed by atoms with Gasteiger partial charge >= 0.3 is 18.2 Å². The number of amides is 2. The smallest absolute Gasteiger partial charge is 0.394 e. The van der Waals surface area contributed by atoms with Crippen molar-refractivity contribution >= 4 is 21.8 Å². The molecule has 0 aromatic rings. The van der Waals surface area contributed by atoms with Crippen LogP contribution in [-0.4, -0.2) is 67.2 Å². The average molecular weight is 386 g/mol. The van der Waals surface area contributed by atoms with Gasteiger partial charge in [0, 0.05) is 25.4 Å². The summed E-state index contributed by atoms with van der Waals surface area (Å²) in [6.45, 7) is -1.30. The van der Waals surface area contributed by atoms with Gasteiger partial charge in [-0.2, -0.15) is 13.2 Å². The molecule has 2 aliphatic rings. The summed E-state index contributed by atoms with van der Waals surface area (Å²) in [5, 5.41) is 10.7. The first-order chi connectivity index (χ1) is 11.4. The number of nitrogens with one attached hydrogen (secondary N) is 1. The fourth-order valence-corrected chi connectivity index (χ4v) is 4.97. The van der Waals surface area contributed by atoms with Crippen LogP contribution in [0.1, 0.15) is 25.7 Å². The van der Waals surface area contributed by atoms with E-state index in [-0.39, 0.29) is 0 Å². The Bertz CT molecular complexity index is 637. The van der Waals surface area contributed by atoms with E-state index in [9.17, 15) is 31.2 Å². The van der Waals surface area contributed by atoms with Crippen molar-refractivity contribution in [2.75, 3.05) is 19.3 Å². The molecule has 144 valence electrons. The normalized spacial score (nSPS) is 31.0. The van der Waals surface area contributed by atoms with Crippen molar-refractivity contribution in [2.45, 2.75) is 43.2 Å².